The van der Waals surface area contributed by atoms with Crippen LogP contribution in [0.15, 0.2) is 24.3 Å². The fraction of sp³-hybridized carbons (Fsp3) is 0.652. The van der Waals surface area contributed by atoms with E-state index in [9.17, 15) is 9.59 Å². The average Bonchev–Trinajstić information content (AvgIpc) is 3.19. The van der Waals surface area contributed by atoms with Crippen LogP contribution < -0.4 is 5.32 Å². The van der Waals surface area contributed by atoms with E-state index in [0.29, 0.717) is 10.6 Å². The summed E-state index contributed by atoms with van der Waals surface area (Å²) in [7, 11) is 0. The number of benzene rings is 1. The van der Waals surface area contributed by atoms with Crippen molar-refractivity contribution in [3.63, 3.8) is 0 Å². The highest BCUT2D eigenvalue weighted by molar-refractivity contribution is 6.30. The second-order valence-corrected chi connectivity index (χ2v) is 10.2. The molecule has 0 spiro atoms. The molecule has 2 amide bonds. The maximum absolute atomic E-state index is 13.6. The summed E-state index contributed by atoms with van der Waals surface area (Å²) >= 11 is 5.98. The first kappa shape index (κ1) is 18.5. The van der Waals surface area contributed by atoms with Gasteiger partial charge in [-0.05, 0) is 93.4 Å². The minimum atomic E-state index is -0.387. The van der Waals surface area contributed by atoms with E-state index >= 15 is 0 Å². The third-order valence-corrected chi connectivity index (χ3v) is 8.00. The van der Waals surface area contributed by atoms with Gasteiger partial charge in [0, 0.05) is 29.1 Å². The number of halogens is 1. The Morgan fingerprint density at radius 3 is 2.04 bits per heavy atom. The number of hydrogen-bond donors (Lipinski definition) is 1. The van der Waals surface area contributed by atoms with Crippen LogP contribution in [0.5, 0.6) is 0 Å². The number of nitrogens with one attached hydrogen (secondary N) is 1. The first-order valence-electron chi connectivity index (χ1n) is 10.9. The number of likely N-dealkylation sites (tertiary alicyclic amines) is 1. The number of carbonyl (C=O) groups is 2. The number of rotatable bonds is 4. The second-order valence-electron chi connectivity index (χ2n) is 9.73. The van der Waals surface area contributed by atoms with E-state index < -0.39 is 0 Å². The Morgan fingerprint density at radius 1 is 0.964 bits per heavy atom. The van der Waals surface area contributed by atoms with Gasteiger partial charge in [0.05, 0.1) is 0 Å². The summed E-state index contributed by atoms with van der Waals surface area (Å²) in [5.41, 5.74) is 0.532. The molecule has 150 valence electrons. The standard InChI is InChI=1S/C23H29ClN2O2/c24-19-5-3-18(4-6-19)21(27)25-20(22(28)26-7-1-2-8-26)23-12-15-9-16(13-23)11-17(10-15)14-23/h3-6,15-17,20H,1-2,7-14H2,(H,25,27)/t15?,16?,17?,20-,23?/m1/s1. The zero-order chi connectivity index (χ0) is 19.3. The van der Waals surface area contributed by atoms with Gasteiger partial charge in [-0.1, -0.05) is 11.6 Å². The van der Waals surface area contributed by atoms with Gasteiger partial charge < -0.3 is 10.2 Å². The number of carbonyl (C=O) groups excluding carboxylic acids is 2. The first-order valence-corrected chi connectivity index (χ1v) is 11.3. The molecule has 5 heteroatoms. The lowest BCUT2D eigenvalue weighted by Crippen LogP contribution is -2.62. The molecule has 0 unspecified atom stereocenters. The van der Waals surface area contributed by atoms with Crippen LogP contribution >= 0.6 is 11.6 Å². The molecule has 4 saturated carbocycles. The molecule has 28 heavy (non-hydrogen) atoms. The maximum Gasteiger partial charge on any atom is 0.251 e. The fourth-order valence-corrected chi connectivity index (χ4v) is 7.07. The van der Waals surface area contributed by atoms with Crippen LogP contribution in [-0.2, 0) is 4.79 Å². The summed E-state index contributed by atoms with van der Waals surface area (Å²) < 4.78 is 0. The predicted octanol–water partition coefficient (Wildman–Crippen LogP) is 4.28. The van der Waals surface area contributed by atoms with E-state index in [2.05, 4.69) is 5.32 Å². The van der Waals surface area contributed by atoms with E-state index in [0.717, 1.165) is 62.9 Å². The van der Waals surface area contributed by atoms with Gasteiger partial charge in [-0.25, -0.2) is 0 Å². The summed E-state index contributed by atoms with van der Waals surface area (Å²) in [6.45, 7) is 1.66. The van der Waals surface area contributed by atoms with Gasteiger partial charge in [0.1, 0.15) is 6.04 Å². The summed E-state index contributed by atoms with van der Waals surface area (Å²) in [5, 5.41) is 3.83. The summed E-state index contributed by atoms with van der Waals surface area (Å²) in [6.07, 6.45) is 9.44. The van der Waals surface area contributed by atoms with Gasteiger partial charge in [0.25, 0.3) is 5.91 Å². The highest BCUT2D eigenvalue weighted by atomic mass is 35.5. The van der Waals surface area contributed by atoms with Crippen molar-refractivity contribution < 1.29 is 9.59 Å². The molecule has 4 nitrogen and oxygen atoms in total. The van der Waals surface area contributed by atoms with Crippen molar-refractivity contribution in [1.82, 2.24) is 10.2 Å². The van der Waals surface area contributed by atoms with Gasteiger partial charge in [-0.15, -0.1) is 0 Å². The van der Waals surface area contributed by atoms with E-state index in [4.69, 9.17) is 11.6 Å². The molecule has 0 aromatic heterocycles. The van der Waals surface area contributed by atoms with Crippen LogP contribution in [0.1, 0.15) is 61.7 Å². The SMILES string of the molecule is O=C(N[C@H](C(=O)N1CCCC1)C12CC3CC(CC(C3)C1)C2)c1ccc(Cl)cc1. The molecule has 1 heterocycles. The molecule has 4 aliphatic carbocycles. The summed E-state index contributed by atoms with van der Waals surface area (Å²) in [5.74, 6) is 2.24. The Kier molecular flexibility index (Phi) is 4.65. The third kappa shape index (κ3) is 3.24. The van der Waals surface area contributed by atoms with E-state index in [1.807, 2.05) is 4.90 Å². The van der Waals surface area contributed by atoms with Crippen molar-refractivity contribution in [2.24, 2.45) is 23.2 Å². The van der Waals surface area contributed by atoms with E-state index in [-0.39, 0.29) is 23.3 Å². The largest absolute Gasteiger partial charge is 0.341 e. The van der Waals surface area contributed by atoms with Crippen LogP contribution in [-0.4, -0.2) is 35.8 Å². The molecule has 1 aromatic carbocycles. The minimum absolute atomic E-state index is 0.0451. The normalized spacial score (nSPS) is 34.5. The highest BCUT2D eigenvalue weighted by Crippen LogP contribution is 2.61. The maximum atomic E-state index is 13.6. The molecule has 1 N–H and O–H groups in total. The molecule has 1 aromatic rings. The van der Waals surface area contributed by atoms with Crippen molar-refractivity contribution >= 4 is 23.4 Å². The zero-order valence-corrected chi connectivity index (χ0v) is 17.1. The average molecular weight is 401 g/mol. The molecule has 0 radical (unpaired) electrons. The van der Waals surface area contributed by atoms with E-state index in [1.54, 1.807) is 24.3 Å². The van der Waals surface area contributed by atoms with Crippen LogP contribution in [0.25, 0.3) is 0 Å². The molecule has 5 aliphatic rings. The predicted molar refractivity (Wildman–Crippen MR) is 109 cm³/mol. The quantitative estimate of drug-likeness (QED) is 0.820. The Bertz CT molecular complexity index is 734. The zero-order valence-electron chi connectivity index (χ0n) is 16.3. The molecular weight excluding hydrogens is 372 g/mol. The van der Waals surface area contributed by atoms with Crippen molar-refractivity contribution in [2.45, 2.75) is 57.4 Å². The molecule has 1 saturated heterocycles. The lowest BCUT2D eigenvalue weighted by Gasteiger charge is -2.59. The molecule has 1 aliphatic heterocycles. The van der Waals surface area contributed by atoms with Gasteiger partial charge in [0.15, 0.2) is 0 Å². The summed E-state index contributed by atoms with van der Waals surface area (Å²) in [6, 6.07) is 6.57. The number of amides is 2. The number of nitrogens with zero attached hydrogens (tertiary/aromatic N) is 1. The lowest BCUT2D eigenvalue weighted by molar-refractivity contribution is -0.143. The van der Waals surface area contributed by atoms with Crippen LogP contribution in [0.2, 0.25) is 5.02 Å². The van der Waals surface area contributed by atoms with Crippen molar-refractivity contribution in [2.75, 3.05) is 13.1 Å². The van der Waals surface area contributed by atoms with Crippen LogP contribution in [0.3, 0.4) is 0 Å². The van der Waals surface area contributed by atoms with Crippen LogP contribution in [0, 0.1) is 23.2 Å². The van der Waals surface area contributed by atoms with E-state index in [1.165, 1.54) is 19.3 Å². The van der Waals surface area contributed by atoms with Crippen molar-refractivity contribution in [3.8, 4) is 0 Å². The van der Waals surface area contributed by atoms with Crippen LogP contribution in [0.4, 0.5) is 0 Å². The van der Waals surface area contributed by atoms with Gasteiger partial charge in [-0.3, -0.25) is 9.59 Å². The molecular formula is C23H29ClN2O2. The minimum Gasteiger partial charge on any atom is -0.341 e. The van der Waals surface area contributed by atoms with Gasteiger partial charge >= 0.3 is 0 Å². The lowest BCUT2D eigenvalue weighted by atomic mass is 9.47. The number of hydrogen-bond acceptors (Lipinski definition) is 2. The summed E-state index contributed by atoms with van der Waals surface area (Å²) in [4.78, 5) is 28.6. The first-order chi connectivity index (χ1) is 13.5. The Hall–Kier alpha value is -1.55. The Morgan fingerprint density at radius 2 is 1.50 bits per heavy atom. The smallest absolute Gasteiger partial charge is 0.251 e. The van der Waals surface area contributed by atoms with Gasteiger partial charge in [-0.2, -0.15) is 0 Å². The van der Waals surface area contributed by atoms with Crippen molar-refractivity contribution in [3.05, 3.63) is 34.9 Å². The molecule has 5 fully saturated rings. The Labute approximate surface area is 172 Å². The molecule has 1 atom stereocenters. The molecule has 6 rings (SSSR count). The van der Waals surface area contributed by atoms with Crippen molar-refractivity contribution in [1.29, 1.82) is 0 Å². The second kappa shape index (κ2) is 7.05. The van der Waals surface area contributed by atoms with Gasteiger partial charge in [0.2, 0.25) is 5.91 Å². The topological polar surface area (TPSA) is 49.4 Å². The fourth-order valence-electron chi connectivity index (χ4n) is 6.94. The third-order valence-electron chi connectivity index (χ3n) is 7.74. The monoisotopic (exact) mass is 400 g/mol. The Balaban J connectivity index is 1.44. The molecule has 4 bridgehead atoms. The highest BCUT2D eigenvalue weighted by Gasteiger charge is 2.57.